The van der Waals surface area contributed by atoms with Crippen LogP contribution in [0.3, 0.4) is 0 Å². The number of nitrogens with zero attached hydrogens (tertiary/aromatic N) is 4. The molecule has 0 unspecified atom stereocenters. The van der Waals surface area contributed by atoms with Gasteiger partial charge in [0.15, 0.2) is 0 Å². The topological polar surface area (TPSA) is 71.2 Å². The molecule has 0 spiro atoms. The van der Waals surface area contributed by atoms with Crippen molar-refractivity contribution in [1.29, 1.82) is 0 Å². The van der Waals surface area contributed by atoms with Crippen LogP contribution >= 0.6 is 0 Å². The minimum absolute atomic E-state index is 0.112. The molecular weight excluding hydrogens is 364 g/mol. The number of piperidine rings is 1. The van der Waals surface area contributed by atoms with E-state index in [0.29, 0.717) is 25.3 Å². The van der Waals surface area contributed by atoms with Crippen molar-refractivity contribution in [1.82, 2.24) is 19.4 Å². The fraction of sp³-hybridized carbons (Fsp3) is 0.435. The van der Waals surface area contributed by atoms with E-state index in [0.717, 1.165) is 29.7 Å². The van der Waals surface area contributed by atoms with Crippen LogP contribution in [0.5, 0.6) is 0 Å². The molecular formula is C23H28N4O2. The van der Waals surface area contributed by atoms with E-state index in [2.05, 4.69) is 23.4 Å². The van der Waals surface area contributed by atoms with Gasteiger partial charge >= 0.3 is 0 Å². The standard InChI is InChI=1S/C23H28N4O2/c1-16(2)23-25-18-7-3-4-9-20(18)27(23)15-21(28)26-13-10-17(11-14-26)22(29)19-8-5-6-12-24-19/h3-9,12,16-17,22,29H,10-11,13-15H2,1-2H3/t22-/m1/s1. The van der Waals surface area contributed by atoms with Crippen molar-refractivity contribution < 1.29 is 9.90 Å². The van der Waals surface area contributed by atoms with E-state index in [9.17, 15) is 9.90 Å². The molecule has 1 aliphatic heterocycles. The normalized spacial score (nSPS) is 16.5. The maximum Gasteiger partial charge on any atom is 0.242 e. The van der Waals surface area contributed by atoms with Crippen LogP contribution in [-0.4, -0.2) is 43.5 Å². The first-order valence-corrected chi connectivity index (χ1v) is 10.4. The van der Waals surface area contributed by atoms with Crippen molar-refractivity contribution in [2.45, 2.75) is 45.3 Å². The Kier molecular flexibility index (Phi) is 5.62. The summed E-state index contributed by atoms with van der Waals surface area (Å²) < 4.78 is 2.05. The number of rotatable bonds is 5. The summed E-state index contributed by atoms with van der Waals surface area (Å²) in [6.45, 7) is 5.84. The molecule has 3 heterocycles. The molecule has 152 valence electrons. The van der Waals surface area contributed by atoms with Gasteiger partial charge < -0.3 is 14.6 Å². The average Bonchev–Trinajstić information content (AvgIpc) is 3.13. The molecule has 1 atom stereocenters. The lowest BCUT2D eigenvalue weighted by Crippen LogP contribution is -2.41. The third kappa shape index (κ3) is 4.03. The highest BCUT2D eigenvalue weighted by Gasteiger charge is 2.29. The lowest BCUT2D eigenvalue weighted by Gasteiger charge is -2.34. The van der Waals surface area contributed by atoms with Gasteiger partial charge in [0.1, 0.15) is 12.4 Å². The van der Waals surface area contributed by atoms with Crippen LogP contribution in [-0.2, 0) is 11.3 Å². The highest BCUT2D eigenvalue weighted by molar-refractivity contribution is 5.81. The highest BCUT2D eigenvalue weighted by atomic mass is 16.3. The van der Waals surface area contributed by atoms with Gasteiger partial charge in [-0.25, -0.2) is 4.98 Å². The van der Waals surface area contributed by atoms with Crippen LogP contribution in [0.2, 0.25) is 0 Å². The first-order chi connectivity index (χ1) is 14.0. The number of aliphatic hydroxyl groups is 1. The van der Waals surface area contributed by atoms with Crippen molar-refractivity contribution in [3.05, 3.63) is 60.2 Å². The second kappa shape index (κ2) is 8.33. The molecule has 6 heteroatoms. The Morgan fingerprint density at radius 3 is 2.55 bits per heavy atom. The number of likely N-dealkylation sites (tertiary alicyclic amines) is 1. The number of aliphatic hydroxyl groups excluding tert-OH is 1. The summed E-state index contributed by atoms with van der Waals surface area (Å²) in [5.41, 5.74) is 2.65. The minimum Gasteiger partial charge on any atom is -0.387 e. The third-order valence-corrected chi connectivity index (χ3v) is 5.82. The monoisotopic (exact) mass is 392 g/mol. The molecule has 1 aliphatic rings. The molecule has 6 nitrogen and oxygen atoms in total. The van der Waals surface area contributed by atoms with Crippen molar-refractivity contribution >= 4 is 16.9 Å². The van der Waals surface area contributed by atoms with Crippen LogP contribution in [0.1, 0.15) is 50.2 Å². The molecule has 1 fully saturated rings. The predicted octanol–water partition coefficient (Wildman–Crippen LogP) is 3.53. The molecule has 1 N–H and O–H groups in total. The molecule has 1 saturated heterocycles. The average molecular weight is 393 g/mol. The van der Waals surface area contributed by atoms with E-state index in [-0.39, 0.29) is 17.7 Å². The van der Waals surface area contributed by atoms with E-state index in [1.54, 1.807) is 6.20 Å². The van der Waals surface area contributed by atoms with Crippen LogP contribution in [0.25, 0.3) is 11.0 Å². The summed E-state index contributed by atoms with van der Waals surface area (Å²) in [4.78, 5) is 24.0. The van der Waals surface area contributed by atoms with Crippen molar-refractivity contribution in [3.63, 3.8) is 0 Å². The maximum atomic E-state index is 13.0. The molecule has 0 aliphatic carbocycles. The Morgan fingerprint density at radius 2 is 1.86 bits per heavy atom. The van der Waals surface area contributed by atoms with Gasteiger partial charge in [-0.3, -0.25) is 9.78 Å². The van der Waals surface area contributed by atoms with E-state index < -0.39 is 6.10 Å². The molecule has 1 aromatic carbocycles. The van der Waals surface area contributed by atoms with Crippen molar-refractivity contribution in [3.8, 4) is 0 Å². The third-order valence-electron chi connectivity index (χ3n) is 5.82. The second-order valence-corrected chi connectivity index (χ2v) is 8.12. The van der Waals surface area contributed by atoms with Crippen molar-refractivity contribution in [2.24, 2.45) is 5.92 Å². The Bertz CT molecular complexity index is 975. The Labute approximate surface area is 171 Å². The smallest absolute Gasteiger partial charge is 0.242 e. The highest BCUT2D eigenvalue weighted by Crippen LogP contribution is 2.30. The van der Waals surface area contributed by atoms with Gasteiger partial charge in [0.05, 0.1) is 22.8 Å². The van der Waals surface area contributed by atoms with Crippen molar-refractivity contribution in [2.75, 3.05) is 13.1 Å². The van der Waals surface area contributed by atoms with E-state index in [1.165, 1.54) is 0 Å². The number of pyridine rings is 1. The number of imidazole rings is 1. The minimum atomic E-state index is -0.571. The van der Waals surface area contributed by atoms with Crippen LogP contribution in [0.4, 0.5) is 0 Å². The van der Waals surface area contributed by atoms with E-state index in [1.807, 2.05) is 47.4 Å². The zero-order chi connectivity index (χ0) is 20.4. The van der Waals surface area contributed by atoms with Gasteiger partial charge in [-0.1, -0.05) is 32.0 Å². The summed E-state index contributed by atoms with van der Waals surface area (Å²) in [6.07, 6.45) is 2.70. The number of carbonyl (C=O) groups is 1. The number of hydrogen-bond donors (Lipinski definition) is 1. The second-order valence-electron chi connectivity index (χ2n) is 8.12. The summed E-state index contributed by atoms with van der Waals surface area (Å²) in [5, 5.41) is 10.6. The molecule has 0 saturated carbocycles. The van der Waals surface area contributed by atoms with Crippen LogP contribution in [0, 0.1) is 5.92 Å². The van der Waals surface area contributed by atoms with Crippen LogP contribution < -0.4 is 0 Å². The van der Waals surface area contributed by atoms with E-state index in [4.69, 9.17) is 4.98 Å². The van der Waals surface area contributed by atoms with Gasteiger partial charge in [-0.15, -0.1) is 0 Å². The molecule has 4 rings (SSSR count). The maximum absolute atomic E-state index is 13.0. The number of carbonyl (C=O) groups excluding carboxylic acids is 1. The molecule has 3 aromatic rings. The zero-order valence-corrected chi connectivity index (χ0v) is 17.0. The van der Waals surface area contributed by atoms with Gasteiger partial charge in [0, 0.05) is 25.2 Å². The summed E-state index contributed by atoms with van der Waals surface area (Å²) in [7, 11) is 0. The van der Waals surface area contributed by atoms with Gasteiger partial charge in [0.2, 0.25) is 5.91 Å². The van der Waals surface area contributed by atoms with Gasteiger partial charge in [0.25, 0.3) is 0 Å². The Hall–Kier alpha value is -2.73. The lowest BCUT2D eigenvalue weighted by atomic mass is 9.89. The SMILES string of the molecule is CC(C)c1nc2ccccc2n1CC(=O)N1CCC([C@@H](O)c2ccccn2)CC1. The fourth-order valence-corrected chi connectivity index (χ4v) is 4.19. The zero-order valence-electron chi connectivity index (χ0n) is 17.0. The molecule has 2 aromatic heterocycles. The molecule has 1 amide bonds. The number of amides is 1. The van der Waals surface area contributed by atoms with Gasteiger partial charge in [-0.2, -0.15) is 0 Å². The van der Waals surface area contributed by atoms with Crippen LogP contribution in [0.15, 0.2) is 48.7 Å². The quantitative estimate of drug-likeness (QED) is 0.721. The number of benzene rings is 1. The molecule has 0 radical (unpaired) electrons. The molecule has 0 bridgehead atoms. The Balaban J connectivity index is 1.43. The number of aromatic nitrogens is 3. The first-order valence-electron chi connectivity index (χ1n) is 10.4. The number of hydrogen-bond acceptors (Lipinski definition) is 4. The Morgan fingerprint density at radius 1 is 1.14 bits per heavy atom. The van der Waals surface area contributed by atoms with E-state index >= 15 is 0 Å². The molecule has 29 heavy (non-hydrogen) atoms. The summed E-state index contributed by atoms with van der Waals surface area (Å²) in [5.74, 6) is 1.43. The number of fused-ring (bicyclic) bond motifs is 1. The first kappa shape index (κ1) is 19.6. The lowest BCUT2D eigenvalue weighted by molar-refractivity contribution is -0.133. The number of para-hydroxylation sites is 2. The largest absolute Gasteiger partial charge is 0.387 e. The summed E-state index contributed by atoms with van der Waals surface area (Å²) >= 11 is 0. The van der Waals surface area contributed by atoms with Gasteiger partial charge in [-0.05, 0) is 43.0 Å². The summed E-state index contributed by atoms with van der Waals surface area (Å²) in [6, 6.07) is 13.6. The predicted molar refractivity (Wildman–Crippen MR) is 112 cm³/mol. The fourth-order valence-electron chi connectivity index (χ4n) is 4.19.